The maximum Gasteiger partial charge on any atom is 0.230 e. The molecule has 0 unspecified atom stereocenters. The third kappa shape index (κ3) is 2.54. The Morgan fingerprint density at radius 3 is 3.14 bits per heavy atom. The lowest BCUT2D eigenvalue weighted by molar-refractivity contribution is -0.131. The molecule has 0 radical (unpaired) electrons. The van der Waals surface area contributed by atoms with E-state index in [0.717, 1.165) is 37.6 Å². The molecule has 0 spiro atoms. The van der Waals surface area contributed by atoms with Crippen LogP contribution in [0.1, 0.15) is 24.3 Å². The lowest BCUT2D eigenvalue weighted by Crippen LogP contribution is -2.47. The molecule has 0 bridgehead atoms. The Morgan fingerprint density at radius 2 is 2.41 bits per heavy atom. The molecule has 3 heterocycles. The van der Waals surface area contributed by atoms with Gasteiger partial charge in [0.25, 0.3) is 0 Å². The fourth-order valence-electron chi connectivity index (χ4n) is 3.74. The van der Waals surface area contributed by atoms with E-state index in [2.05, 4.69) is 15.4 Å². The lowest BCUT2D eigenvalue weighted by atomic mass is 9.80. The average Bonchev–Trinajstić information content (AvgIpc) is 2.94. The highest BCUT2D eigenvalue weighted by Crippen LogP contribution is 2.42. The summed E-state index contributed by atoms with van der Waals surface area (Å²) in [6.45, 7) is 6.34. The molecule has 120 valence electrons. The van der Waals surface area contributed by atoms with Crippen molar-refractivity contribution in [1.29, 1.82) is 0 Å². The zero-order valence-corrected chi connectivity index (χ0v) is 13.0. The molecule has 4 rings (SSSR count). The van der Waals surface area contributed by atoms with Gasteiger partial charge in [0, 0.05) is 38.2 Å². The fraction of sp³-hybridized carbons (Fsp3) is 0.750. The minimum absolute atomic E-state index is 0.181. The molecule has 2 saturated heterocycles. The van der Waals surface area contributed by atoms with Gasteiger partial charge in [-0.1, -0.05) is 5.16 Å². The van der Waals surface area contributed by atoms with Crippen LogP contribution in [0.3, 0.4) is 0 Å². The third-order valence-corrected chi connectivity index (χ3v) is 5.21. The first-order chi connectivity index (χ1) is 10.7. The summed E-state index contributed by atoms with van der Waals surface area (Å²) < 4.78 is 10.8. The molecule has 3 aliphatic rings. The average molecular weight is 305 g/mol. The summed E-state index contributed by atoms with van der Waals surface area (Å²) in [7, 11) is 0. The molecule has 1 N–H and O–H groups in total. The van der Waals surface area contributed by atoms with Crippen molar-refractivity contribution in [3.8, 4) is 0 Å². The second-order valence-electron chi connectivity index (χ2n) is 7.12. The predicted octanol–water partition coefficient (Wildman–Crippen LogP) is 0.958. The summed E-state index contributed by atoms with van der Waals surface area (Å²) in [6, 6.07) is 1.96. The number of likely N-dealkylation sites (tertiary alicyclic amines) is 1. The van der Waals surface area contributed by atoms with Gasteiger partial charge in [0.1, 0.15) is 5.76 Å². The predicted molar refractivity (Wildman–Crippen MR) is 79.0 cm³/mol. The number of ether oxygens (including phenoxy) is 1. The van der Waals surface area contributed by atoms with Crippen molar-refractivity contribution in [3.05, 3.63) is 17.5 Å². The standard InChI is InChI=1S/C16H23N3O3/c1-11-4-14(18-22-11)7-19-6-13-8-21-10-16(13,9-19)15(20)17-5-12-2-3-12/h4,12-13H,2-3,5-10H2,1H3,(H,17,20)/t13-,16-/m0/s1. The molecule has 22 heavy (non-hydrogen) atoms. The minimum Gasteiger partial charge on any atom is -0.380 e. The molecule has 6 nitrogen and oxygen atoms in total. The number of hydrogen-bond acceptors (Lipinski definition) is 5. The molecule has 1 aromatic heterocycles. The van der Waals surface area contributed by atoms with Crippen molar-refractivity contribution in [2.75, 3.05) is 32.8 Å². The van der Waals surface area contributed by atoms with E-state index in [9.17, 15) is 4.79 Å². The summed E-state index contributed by atoms with van der Waals surface area (Å²) in [6.07, 6.45) is 2.51. The van der Waals surface area contributed by atoms with Crippen LogP contribution in [-0.2, 0) is 16.1 Å². The van der Waals surface area contributed by atoms with E-state index >= 15 is 0 Å². The molecule has 1 saturated carbocycles. The van der Waals surface area contributed by atoms with Gasteiger partial charge in [-0.15, -0.1) is 0 Å². The Morgan fingerprint density at radius 1 is 1.55 bits per heavy atom. The van der Waals surface area contributed by atoms with E-state index < -0.39 is 0 Å². The number of aryl methyl sites for hydroxylation is 1. The monoisotopic (exact) mass is 305 g/mol. The van der Waals surface area contributed by atoms with Gasteiger partial charge in [-0.05, 0) is 25.7 Å². The maximum atomic E-state index is 12.7. The smallest absolute Gasteiger partial charge is 0.230 e. The van der Waals surface area contributed by atoms with Gasteiger partial charge >= 0.3 is 0 Å². The number of carbonyl (C=O) groups is 1. The SMILES string of the molecule is Cc1cc(CN2C[C@H]3COC[C@@]3(C(=O)NCC3CC3)C2)no1. The van der Waals surface area contributed by atoms with Crippen LogP contribution in [0.25, 0.3) is 0 Å². The third-order valence-electron chi connectivity index (χ3n) is 5.21. The first kappa shape index (κ1) is 14.2. The molecule has 6 heteroatoms. The summed E-state index contributed by atoms with van der Waals surface area (Å²) in [5, 5.41) is 7.22. The second-order valence-corrected chi connectivity index (χ2v) is 7.12. The molecule has 2 aliphatic heterocycles. The van der Waals surface area contributed by atoms with E-state index in [4.69, 9.17) is 9.26 Å². The Labute approximate surface area is 130 Å². The van der Waals surface area contributed by atoms with E-state index in [1.165, 1.54) is 12.8 Å². The Balaban J connectivity index is 1.42. The van der Waals surface area contributed by atoms with Crippen LogP contribution < -0.4 is 5.32 Å². The zero-order valence-electron chi connectivity index (χ0n) is 13.0. The number of nitrogens with zero attached hydrogens (tertiary/aromatic N) is 2. The molecule has 1 amide bonds. The summed E-state index contributed by atoms with van der Waals surface area (Å²) in [5.74, 6) is 2.01. The molecular weight excluding hydrogens is 282 g/mol. The number of fused-ring (bicyclic) bond motifs is 1. The molecule has 0 aromatic carbocycles. The van der Waals surface area contributed by atoms with Crippen molar-refractivity contribution in [2.24, 2.45) is 17.3 Å². The minimum atomic E-state index is -0.367. The van der Waals surface area contributed by atoms with E-state index in [-0.39, 0.29) is 11.3 Å². The Hall–Kier alpha value is -1.40. The fourth-order valence-corrected chi connectivity index (χ4v) is 3.74. The zero-order chi connectivity index (χ0) is 15.2. The first-order valence-electron chi connectivity index (χ1n) is 8.16. The van der Waals surface area contributed by atoms with Crippen molar-refractivity contribution in [2.45, 2.75) is 26.3 Å². The summed E-state index contributed by atoms with van der Waals surface area (Å²) >= 11 is 0. The highest BCUT2D eigenvalue weighted by Gasteiger charge is 2.55. The molecular formula is C16H23N3O3. The van der Waals surface area contributed by atoms with Crippen LogP contribution in [0, 0.1) is 24.2 Å². The molecule has 1 aromatic rings. The normalized spacial score (nSPS) is 31.4. The quantitative estimate of drug-likeness (QED) is 0.877. The summed E-state index contributed by atoms with van der Waals surface area (Å²) in [5.41, 5.74) is 0.570. The van der Waals surface area contributed by atoms with Gasteiger partial charge in [0.15, 0.2) is 0 Å². The van der Waals surface area contributed by atoms with Gasteiger partial charge < -0.3 is 14.6 Å². The van der Waals surface area contributed by atoms with Gasteiger partial charge in [-0.25, -0.2) is 0 Å². The van der Waals surface area contributed by atoms with Crippen molar-refractivity contribution < 1.29 is 14.1 Å². The summed E-state index contributed by atoms with van der Waals surface area (Å²) in [4.78, 5) is 15.0. The van der Waals surface area contributed by atoms with Crippen LogP contribution in [0.5, 0.6) is 0 Å². The van der Waals surface area contributed by atoms with Crippen LogP contribution >= 0.6 is 0 Å². The highest BCUT2D eigenvalue weighted by atomic mass is 16.5. The van der Waals surface area contributed by atoms with Crippen molar-refractivity contribution in [3.63, 3.8) is 0 Å². The van der Waals surface area contributed by atoms with Crippen molar-refractivity contribution in [1.82, 2.24) is 15.4 Å². The van der Waals surface area contributed by atoms with E-state index in [0.29, 0.717) is 25.0 Å². The number of rotatable bonds is 5. The second kappa shape index (κ2) is 5.35. The van der Waals surface area contributed by atoms with Crippen LogP contribution in [-0.4, -0.2) is 48.8 Å². The van der Waals surface area contributed by atoms with E-state index in [1.54, 1.807) is 0 Å². The van der Waals surface area contributed by atoms with Crippen LogP contribution in [0.2, 0.25) is 0 Å². The molecule has 1 aliphatic carbocycles. The number of aromatic nitrogens is 1. The topological polar surface area (TPSA) is 67.6 Å². The van der Waals surface area contributed by atoms with Crippen LogP contribution in [0.4, 0.5) is 0 Å². The molecule has 3 fully saturated rings. The first-order valence-corrected chi connectivity index (χ1v) is 8.16. The van der Waals surface area contributed by atoms with E-state index in [1.807, 2.05) is 13.0 Å². The lowest BCUT2D eigenvalue weighted by Gasteiger charge is -2.26. The van der Waals surface area contributed by atoms with Crippen molar-refractivity contribution >= 4 is 5.91 Å². The number of hydrogen-bond donors (Lipinski definition) is 1. The largest absolute Gasteiger partial charge is 0.380 e. The maximum absolute atomic E-state index is 12.7. The number of nitrogens with one attached hydrogen (secondary N) is 1. The van der Waals surface area contributed by atoms with Gasteiger partial charge in [0.2, 0.25) is 5.91 Å². The van der Waals surface area contributed by atoms with Gasteiger partial charge in [0.05, 0.1) is 24.3 Å². The van der Waals surface area contributed by atoms with Gasteiger partial charge in [-0.2, -0.15) is 0 Å². The molecule has 2 atom stereocenters. The Kier molecular flexibility index (Phi) is 3.46. The van der Waals surface area contributed by atoms with Gasteiger partial charge in [-0.3, -0.25) is 9.69 Å². The number of carbonyl (C=O) groups excluding carboxylic acids is 1. The number of amides is 1. The van der Waals surface area contributed by atoms with Crippen LogP contribution in [0.15, 0.2) is 10.6 Å². The highest BCUT2D eigenvalue weighted by molar-refractivity contribution is 5.84. The Bertz CT molecular complexity index is 569.